The van der Waals surface area contributed by atoms with Crippen LogP contribution in [0.3, 0.4) is 0 Å². The third-order valence-electron chi connectivity index (χ3n) is 7.54. The topological polar surface area (TPSA) is 80.9 Å². The number of phenols is 4. The standard InChI is InChI=1S/C33H35O4.Cf/c1-18-11-24(7-9-30(18)34)15-28-22(5)26(13-20(3)32(28)36)17-27-14-21(4)33(37)29(23(27)6)16-25-8-10-31(35)19(2)12-25;/h7-9,11-14,34-37H,15-17H2,1-6H3;/q-1;. The third-order valence-corrected chi connectivity index (χ3v) is 7.54. The number of hydrogen-bond donors (Lipinski definition) is 4. The molecule has 4 aromatic carbocycles. The van der Waals surface area contributed by atoms with Crippen molar-refractivity contribution in [2.45, 2.75) is 60.8 Å². The van der Waals surface area contributed by atoms with Gasteiger partial charge in [0.25, 0.3) is 0 Å². The molecule has 0 radical (unpaired) electrons. The van der Waals surface area contributed by atoms with Crippen LogP contribution in [-0.2, 0) is 19.3 Å². The van der Waals surface area contributed by atoms with Crippen LogP contribution in [0, 0.1) is 47.6 Å². The molecule has 0 unspecified atom stereocenters. The van der Waals surface area contributed by atoms with Gasteiger partial charge in [0.1, 0.15) is 17.2 Å². The quantitative estimate of drug-likeness (QED) is 0.162. The average Bonchev–Trinajstić information content (AvgIpc) is 2.85. The van der Waals surface area contributed by atoms with E-state index in [-0.39, 0.29) is 11.5 Å². The normalized spacial score (nSPS) is 10.9. The Balaban J connectivity index is 0.00000400. The van der Waals surface area contributed by atoms with Crippen molar-refractivity contribution in [1.82, 2.24) is 0 Å². The summed E-state index contributed by atoms with van der Waals surface area (Å²) in [6, 6.07) is 16.2. The summed E-state index contributed by atoms with van der Waals surface area (Å²) in [4.78, 5) is 0. The Morgan fingerprint density at radius 1 is 0.579 bits per heavy atom. The molecule has 4 rings (SSSR count). The second-order valence-electron chi connectivity index (χ2n) is 10.3. The van der Waals surface area contributed by atoms with Crippen LogP contribution in [0.4, 0.5) is 0 Å². The van der Waals surface area contributed by atoms with E-state index in [1.54, 1.807) is 12.1 Å². The van der Waals surface area contributed by atoms with Crippen molar-refractivity contribution in [3.63, 3.8) is 0 Å². The summed E-state index contributed by atoms with van der Waals surface area (Å²) >= 11 is 0. The Kier molecular flexibility index (Phi) is 7.71. The second-order valence-corrected chi connectivity index (χ2v) is 10.3. The molecule has 0 bridgehead atoms. The van der Waals surface area contributed by atoms with Gasteiger partial charge in [0.2, 0.25) is 0 Å². The van der Waals surface area contributed by atoms with E-state index in [0.717, 1.165) is 66.8 Å². The third kappa shape index (κ3) is 5.27. The first-order valence-electron chi connectivity index (χ1n) is 12.6. The number of aryl methyl sites for hydroxylation is 4. The summed E-state index contributed by atoms with van der Waals surface area (Å²) < 4.78 is 0. The monoisotopic (exact) mass is 744 g/mol. The second kappa shape index (κ2) is 10.6. The van der Waals surface area contributed by atoms with Crippen LogP contribution in [0.15, 0.2) is 42.5 Å². The fourth-order valence-electron chi connectivity index (χ4n) is 5.10. The maximum Gasteiger partial charge on any atom is 0.122 e. The molecule has 4 nitrogen and oxygen atoms in total. The van der Waals surface area contributed by atoms with Crippen molar-refractivity contribution in [2.24, 2.45) is 0 Å². The molecule has 0 fully saturated rings. The van der Waals surface area contributed by atoms with Gasteiger partial charge in [-0.25, -0.2) is 0 Å². The molecule has 38 heavy (non-hydrogen) atoms. The Morgan fingerprint density at radius 2 is 1.08 bits per heavy atom. The number of benzene rings is 4. The van der Waals surface area contributed by atoms with Gasteiger partial charge in [0.15, 0.2) is 0 Å². The first kappa shape index (κ1) is 27.7. The van der Waals surface area contributed by atoms with Crippen LogP contribution >= 0.6 is 0 Å². The van der Waals surface area contributed by atoms with E-state index in [1.807, 2.05) is 58.9 Å². The van der Waals surface area contributed by atoms with Crippen LogP contribution < -0.4 is 0 Å². The summed E-state index contributed by atoms with van der Waals surface area (Å²) in [7, 11) is 0. The van der Waals surface area contributed by atoms with Gasteiger partial charge in [-0.05, 0) is 104 Å². The van der Waals surface area contributed by atoms with Gasteiger partial charge in [-0.2, -0.15) is 17.7 Å². The van der Waals surface area contributed by atoms with Gasteiger partial charge in [0, 0.05) is 17.7 Å². The maximum atomic E-state index is 10.9. The molecule has 0 aromatic heterocycles. The van der Waals surface area contributed by atoms with Crippen LogP contribution in [0.5, 0.6) is 23.0 Å². The van der Waals surface area contributed by atoms with Crippen molar-refractivity contribution < 1.29 is 20.4 Å². The predicted molar refractivity (Wildman–Crippen MR) is 148 cm³/mol. The SMILES string of the molecule is Cc1cc(Cc2c(C)c(Cc3cc(C)c(O)c(Cc4ccc(O)c(C)c4)c3C)cc(C)c2O)c[c-]c1O.[Cf]. The Labute approximate surface area is 219 Å². The van der Waals surface area contributed by atoms with E-state index in [1.165, 1.54) is 0 Å². The van der Waals surface area contributed by atoms with Crippen molar-refractivity contribution in [3.05, 3.63) is 115 Å². The molecule has 0 amide bonds. The minimum absolute atomic E-state index is 0. The summed E-state index contributed by atoms with van der Waals surface area (Å²) in [5.74, 6) is 1.02. The van der Waals surface area contributed by atoms with Gasteiger partial charge >= 0.3 is 0 Å². The summed E-state index contributed by atoms with van der Waals surface area (Å²) in [6.45, 7) is 11.7. The molecule has 0 aliphatic carbocycles. The zero-order valence-corrected chi connectivity index (χ0v) is 25.4. The molecule has 4 N–H and O–H groups in total. The fourth-order valence-corrected chi connectivity index (χ4v) is 5.10. The zero-order chi connectivity index (χ0) is 27.0. The number of phenolic OH excluding ortho intramolecular Hbond substituents is 4. The van der Waals surface area contributed by atoms with Crippen molar-refractivity contribution in [2.75, 3.05) is 0 Å². The molecule has 0 atom stereocenters. The van der Waals surface area contributed by atoms with Gasteiger partial charge in [-0.3, -0.25) is 0 Å². The van der Waals surface area contributed by atoms with Gasteiger partial charge < -0.3 is 20.4 Å². The van der Waals surface area contributed by atoms with E-state index in [4.69, 9.17) is 0 Å². The fraction of sp³-hybridized carbons (Fsp3) is 0.273. The molecule has 0 aliphatic heterocycles. The Bertz CT molecular complexity index is 1390. The van der Waals surface area contributed by atoms with E-state index in [0.29, 0.717) is 30.8 Å². The van der Waals surface area contributed by atoms with E-state index in [9.17, 15) is 20.4 Å². The van der Waals surface area contributed by atoms with Gasteiger partial charge in [-0.1, -0.05) is 31.2 Å². The molecule has 0 saturated carbocycles. The molecule has 0 heterocycles. The largest absolute Gasteiger partial charge is 0.534 e. The average molecular weight is 747 g/mol. The Hall–Kier alpha value is -4.92. The predicted octanol–water partition coefficient (Wildman–Crippen LogP) is 6.93. The van der Waals surface area contributed by atoms with E-state index >= 15 is 0 Å². The number of aromatic hydroxyl groups is 4. The molecule has 4 aromatic rings. The van der Waals surface area contributed by atoms with E-state index in [2.05, 4.69) is 19.1 Å². The smallest absolute Gasteiger partial charge is 0.122 e. The number of hydrogen-bond acceptors (Lipinski definition) is 4. The Morgan fingerprint density at radius 3 is 1.58 bits per heavy atom. The maximum absolute atomic E-state index is 10.9. The van der Waals surface area contributed by atoms with Crippen LogP contribution in [0.1, 0.15) is 66.8 Å². The van der Waals surface area contributed by atoms with Crippen LogP contribution in [0.2, 0.25) is 0 Å². The van der Waals surface area contributed by atoms with Crippen LogP contribution in [-0.4, -0.2) is 20.4 Å². The first-order chi connectivity index (χ1) is 17.5. The molecular formula is C33H35CfO4-. The van der Waals surface area contributed by atoms with Crippen molar-refractivity contribution in [3.8, 4) is 23.0 Å². The summed E-state index contributed by atoms with van der Waals surface area (Å²) in [5.41, 5.74) is 11.3. The van der Waals surface area contributed by atoms with Crippen molar-refractivity contribution in [1.29, 1.82) is 0 Å². The molecule has 5 heteroatoms. The minimum atomic E-state index is 0. The van der Waals surface area contributed by atoms with Gasteiger partial charge in [-0.15, -0.1) is 11.6 Å². The first-order valence-corrected chi connectivity index (χ1v) is 12.6. The minimum Gasteiger partial charge on any atom is -0.534 e. The van der Waals surface area contributed by atoms with E-state index < -0.39 is 0 Å². The molecular weight excluding hydrogens is 711 g/mol. The molecule has 202 valence electrons. The summed E-state index contributed by atoms with van der Waals surface area (Å²) in [5, 5.41) is 41.6. The molecule has 0 saturated heterocycles. The molecule has 0 spiro atoms. The zero-order valence-electron chi connectivity index (χ0n) is 22.8. The molecule has 0 aliphatic rings. The van der Waals surface area contributed by atoms with Crippen LogP contribution in [0.25, 0.3) is 0 Å². The van der Waals surface area contributed by atoms with Gasteiger partial charge in [0.05, 0.1) is 0 Å². The summed E-state index contributed by atoms with van der Waals surface area (Å²) in [6.07, 6.45) is 1.79. The number of rotatable bonds is 6. The van der Waals surface area contributed by atoms with Crippen molar-refractivity contribution >= 4 is 0 Å².